The molecular weight excluding hydrogens is 486 g/mol. The Hall–Kier alpha value is -3.26. The van der Waals surface area contributed by atoms with Crippen molar-refractivity contribution in [2.75, 3.05) is 84.4 Å². The summed E-state index contributed by atoms with van der Waals surface area (Å²) in [7, 11) is 1.80. The van der Waals surface area contributed by atoms with Crippen LogP contribution in [0.15, 0.2) is 24.3 Å². The Morgan fingerprint density at radius 2 is 1.14 bits per heavy atom. The van der Waals surface area contributed by atoms with Crippen molar-refractivity contribution in [3.05, 3.63) is 29.8 Å². The zero-order valence-corrected chi connectivity index (χ0v) is 21.1. The highest BCUT2D eigenvalue weighted by molar-refractivity contribution is 5.70. The maximum Gasteiger partial charge on any atom is 0.317 e. The summed E-state index contributed by atoms with van der Waals surface area (Å²) in [6.07, 6.45) is 0.450. The molecule has 206 valence electrons. The van der Waals surface area contributed by atoms with Crippen molar-refractivity contribution >= 4 is 29.6 Å². The normalized spacial score (nSPS) is 19.4. The molecule has 13 heteroatoms. The lowest BCUT2D eigenvalue weighted by Gasteiger charge is -2.37. The van der Waals surface area contributed by atoms with E-state index in [0.717, 1.165) is 11.3 Å². The second-order valence-electron chi connectivity index (χ2n) is 9.14. The molecule has 0 bridgehead atoms. The van der Waals surface area contributed by atoms with Gasteiger partial charge in [0, 0.05) is 64.6 Å². The summed E-state index contributed by atoms with van der Waals surface area (Å²) in [6.45, 7) is 0.750. The van der Waals surface area contributed by atoms with Crippen LogP contribution in [0.1, 0.15) is 5.56 Å². The van der Waals surface area contributed by atoms with Crippen LogP contribution in [0.3, 0.4) is 0 Å². The quantitative estimate of drug-likeness (QED) is 0.244. The lowest BCUT2D eigenvalue weighted by atomic mass is 10.0. The summed E-state index contributed by atoms with van der Waals surface area (Å²) in [6, 6.07) is 7.27. The van der Waals surface area contributed by atoms with Gasteiger partial charge in [0.2, 0.25) is 0 Å². The molecule has 1 saturated heterocycles. The summed E-state index contributed by atoms with van der Waals surface area (Å²) >= 11 is 0. The van der Waals surface area contributed by atoms with Gasteiger partial charge in [-0.2, -0.15) is 0 Å². The largest absolute Gasteiger partial charge is 0.480 e. The SMILES string of the molecule is CNc1ccc(CC2CN(CC(=O)O)CCN(CC(=O)O)CCN(CC(=O)O)CCN2CC(=O)O)cc1. The van der Waals surface area contributed by atoms with E-state index in [-0.39, 0.29) is 78.0 Å². The molecule has 0 aromatic heterocycles. The molecule has 1 unspecified atom stereocenters. The summed E-state index contributed by atoms with van der Waals surface area (Å²) in [5, 5.41) is 40.8. The van der Waals surface area contributed by atoms with E-state index in [0.29, 0.717) is 6.42 Å². The fraction of sp³-hybridized carbons (Fsp3) is 0.583. The van der Waals surface area contributed by atoms with Gasteiger partial charge >= 0.3 is 23.9 Å². The van der Waals surface area contributed by atoms with E-state index in [1.807, 2.05) is 24.3 Å². The van der Waals surface area contributed by atoms with E-state index in [2.05, 4.69) is 5.32 Å². The molecular formula is C24H37N5O8. The van der Waals surface area contributed by atoms with Crippen molar-refractivity contribution in [2.45, 2.75) is 12.5 Å². The molecule has 0 radical (unpaired) electrons. The number of benzene rings is 1. The molecule has 1 aliphatic rings. The number of carbonyl (C=O) groups is 4. The van der Waals surface area contributed by atoms with E-state index in [1.54, 1.807) is 26.6 Å². The van der Waals surface area contributed by atoms with Gasteiger partial charge in [0.15, 0.2) is 0 Å². The van der Waals surface area contributed by atoms with Crippen LogP contribution in [0, 0.1) is 0 Å². The first-order valence-corrected chi connectivity index (χ1v) is 12.1. The Balaban J connectivity index is 2.39. The van der Waals surface area contributed by atoms with Gasteiger partial charge in [0.05, 0.1) is 26.2 Å². The monoisotopic (exact) mass is 523 g/mol. The van der Waals surface area contributed by atoms with Crippen molar-refractivity contribution in [2.24, 2.45) is 0 Å². The number of carboxylic acid groups (broad SMARTS) is 4. The van der Waals surface area contributed by atoms with Gasteiger partial charge in [-0.1, -0.05) is 12.1 Å². The third-order valence-electron chi connectivity index (χ3n) is 6.28. The van der Waals surface area contributed by atoms with E-state index >= 15 is 0 Å². The van der Waals surface area contributed by atoms with Crippen LogP contribution < -0.4 is 5.32 Å². The van der Waals surface area contributed by atoms with Gasteiger partial charge in [0.1, 0.15) is 0 Å². The first-order chi connectivity index (χ1) is 17.5. The van der Waals surface area contributed by atoms with E-state index in [4.69, 9.17) is 0 Å². The maximum absolute atomic E-state index is 11.8. The minimum atomic E-state index is -1.04. The highest BCUT2D eigenvalue weighted by Gasteiger charge is 2.27. The second-order valence-corrected chi connectivity index (χ2v) is 9.14. The lowest BCUT2D eigenvalue weighted by Crippen LogP contribution is -2.53. The highest BCUT2D eigenvalue weighted by Crippen LogP contribution is 2.15. The van der Waals surface area contributed by atoms with E-state index in [1.165, 1.54) is 0 Å². The van der Waals surface area contributed by atoms with Crippen molar-refractivity contribution < 1.29 is 39.6 Å². The minimum absolute atomic E-state index is 0.243. The molecule has 1 aliphatic heterocycles. The maximum atomic E-state index is 11.8. The fourth-order valence-electron chi connectivity index (χ4n) is 4.44. The lowest BCUT2D eigenvalue weighted by molar-refractivity contribution is -0.142. The van der Waals surface area contributed by atoms with Crippen LogP contribution in [-0.2, 0) is 25.6 Å². The molecule has 1 atom stereocenters. The molecule has 1 fully saturated rings. The second kappa shape index (κ2) is 15.1. The van der Waals surface area contributed by atoms with Crippen LogP contribution in [0.2, 0.25) is 0 Å². The molecule has 1 aromatic carbocycles. The van der Waals surface area contributed by atoms with Gasteiger partial charge in [-0.3, -0.25) is 38.8 Å². The van der Waals surface area contributed by atoms with Gasteiger partial charge < -0.3 is 25.7 Å². The smallest absolute Gasteiger partial charge is 0.317 e. The number of nitrogens with zero attached hydrogens (tertiary/aromatic N) is 4. The zero-order valence-electron chi connectivity index (χ0n) is 21.1. The van der Waals surface area contributed by atoms with Crippen LogP contribution in [-0.4, -0.2) is 149 Å². The predicted molar refractivity (Wildman–Crippen MR) is 135 cm³/mol. The Morgan fingerprint density at radius 1 is 0.703 bits per heavy atom. The minimum Gasteiger partial charge on any atom is -0.480 e. The van der Waals surface area contributed by atoms with Crippen LogP contribution in [0.5, 0.6) is 0 Å². The molecule has 13 nitrogen and oxygen atoms in total. The Morgan fingerprint density at radius 3 is 1.59 bits per heavy atom. The summed E-state index contributed by atoms with van der Waals surface area (Å²) in [4.78, 5) is 53.0. The number of hydrogen-bond acceptors (Lipinski definition) is 9. The number of carboxylic acids is 4. The van der Waals surface area contributed by atoms with Gasteiger partial charge in [0.25, 0.3) is 0 Å². The molecule has 1 aromatic rings. The number of hydrogen-bond donors (Lipinski definition) is 5. The number of anilines is 1. The standard InChI is InChI=1S/C24H37N5O8/c1-25-19-4-2-18(3-5-19)12-20-13-28(16-23(34)35)9-8-26(14-21(30)31)6-7-27(15-22(32)33)10-11-29(20)17-24(36)37/h2-5,20,25H,6-17H2,1H3,(H,30,31)(H,32,33)(H,34,35)(H,36,37). The Bertz CT molecular complexity index is 913. The number of nitrogens with one attached hydrogen (secondary N) is 1. The van der Waals surface area contributed by atoms with Gasteiger partial charge in [-0.05, 0) is 24.1 Å². The van der Waals surface area contributed by atoms with Crippen LogP contribution in [0.25, 0.3) is 0 Å². The van der Waals surface area contributed by atoms with Crippen molar-refractivity contribution in [3.8, 4) is 0 Å². The first-order valence-electron chi connectivity index (χ1n) is 12.1. The zero-order chi connectivity index (χ0) is 27.4. The number of aliphatic carboxylic acids is 4. The predicted octanol–water partition coefficient (Wildman–Crippen LogP) is -0.801. The Labute approximate surface area is 215 Å². The van der Waals surface area contributed by atoms with Crippen LogP contribution in [0.4, 0.5) is 5.69 Å². The molecule has 37 heavy (non-hydrogen) atoms. The summed E-state index contributed by atoms with van der Waals surface area (Å²) in [5.74, 6) is -4.14. The average molecular weight is 524 g/mol. The molecule has 2 rings (SSSR count). The highest BCUT2D eigenvalue weighted by atomic mass is 16.4. The third-order valence-corrected chi connectivity index (χ3v) is 6.28. The molecule has 0 spiro atoms. The summed E-state index contributed by atoms with van der Waals surface area (Å²) in [5.41, 5.74) is 1.86. The van der Waals surface area contributed by atoms with Gasteiger partial charge in [-0.25, -0.2) is 0 Å². The molecule has 0 amide bonds. The van der Waals surface area contributed by atoms with E-state index < -0.39 is 23.9 Å². The molecule has 5 N–H and O–H groups in total. The van der Waals surface area contributed by atoms with Crippen molar-refractivity contribution in [1.82, 2.24) is 19.6 Å². The topological polar surface area (TPSA) is 174 Å². The van der Waals surface area contributed by atoms with Crippen LogP contribution >= 0.6 is 0 Å². The van der Waals surface area contributed by atoms with Crippen molar-refractivity contribution in [3.63, 3.8) is 0 Å². The van der Waals surface area contributed by atoms with Gasteiger partial charge in [-0.15, -0.1) is 0 Å². The third kappa shape index (κ3) is 11.6. The molecule has 0 saturated carbocycles. The fourth-order valence-corrected chi connectivity index (χ4v) is 4.44. The Kier molecular flexibility index (Phi) is 12.2. The molecule has 1 heterocycles. The molecule has 0 aliphatic carbocycles. The average Bonchev–Trinajstić information content (AvgIpc) is 2.81. The first kappa shape index (κ1) is 30.0. The number of rotatable bonds is 11. The summed E-state index contributed by atoms with van der Waals surface area (Å²) < 4.78 is 0. The van der Waals surface area contributed by atoms with E-state index in [9.17, 15) is 39.6 Å². The van der Waals surface area contributed by atoms with Crippen molar-refractivity contribution in [1.29, 1.82) is 0 Å².